The van der Waals surface area contributed by atoms with Gasteiger partial charge in [-0.25, -0.2) is 0 Å². The van der Waals surface area contributed by atoms with Crippen LogP contribution in [-0.2, 0) is 11.2 Å². The lowest BCUT2D eigenvalue weighted by atomic mass is 10.1. The van der Waals surface area contributed by atoms with Gasteiger partial charge in [0, 0.05) is 24.3 Å². The lowest BCUT2D eigenvalue weighted by molar-refractivity contribution is -0.111. The number of anilines is 1. The Balaban J connectivity index is 1.72. The molecule has 1 aliphatic rings. The SMILES string of the molecule is COc1cc(C)c(NC(=O)/C=C/c2ccc3c(c2)CCO3)cc1OC. The molecule has 0 aromatic heterocycles. The summed E-state index contributed by atoms with van der Waals surface area (Å²) in [4.78, 5) is 12.2. The van der Waals surface area contributed by atoms with Crippen molar-refractivity contribution in [3.8, 4) is 17.2 Å². The molecular weight excluding hydrogens is 318 g/mol. The van der Waals surface area contributed by atoms with Crippen molar-refractivity contribution in [3.05, 3.63) is 53.1 Å². The fraction of sp³-hybridized carbons (Fsp3) is 0.250. The Morgan fingerprint density at radius 1 is 1.16 bits per heavy atom. The van der Waals surface area contributed by atoms with Crippen LogP contribution in [0.25, 0.3) is 6.08 Å². The van der Waals surface area contributed by atoms with Crippen molar-refractivity contribution in [1.82, 2.24) is 0 Å². The predicted octanol–water partition coefficient (Wildman–Crippen LogP) is 3.60. The van der Waals surface area contributed by atoms with E-state index in [2.05, 4.69) is 5.32 Å². The van der Waals surface area contributed by atoms with Gasteiger partial charge in [0.1, 0.15) is 5.75 Å². The van der Waals surface area contributed by atoms with E-state index >= 15 is 0 Å². The van der Waals surface area contributed by atoms with Gasteiger partial charge in [-0.05, 0) is 47.9 Å². The zero-order valence-electron chi connectivity index (χ0n) is 14.6. The van der Waals surface area contributed by atoms with Crippen LogP contribution in [0.1, 0.15) is 16.7 Å². The Bertz CT molecular complexity index is 827. The van der Waals surface area contributed by atoms with E-state index in [1.807, 2.05) is 31.2 Å². The monoisotopic (exact) mass is 339 g/mol. The molecule has 0 bridgehead atoms. The third-order valence-electron chi connectivity index (χ3n) is 4.13. The third kappa shape index (κ3) is 3.76. The maximum Gasteiger partial charge on any atom is 0.248 e. The molecule has 0 saturated carbocycles. The lowest BCUT2D eigenvalue weighted by Crippen LogP contribution is -2.09. The molecule has 5 nitrogen and oxygen atoms in total. The number of carbonyl (C=O) groups excluding carboxylic acids is 1. The van der Waals surface area contributed by atoms with E-state index in [1.54, 1.807) is 26.4 Å². The largest absolute Gasteiger partial charge is 0.493 e. The zero-order chi connectivity index (χ0) is 17.8. The number of hydrogen-bond donors (Lipinski definition) is 1. The van der Waals surface area contributed by atoms with Gasteiger partial charge in [0.05, 0.1) is 20.8 Å². The summed E-state index contributed by atoms with van der Waals surface area (Å²) >= 11 is 0. The number of hydrogen-bond acceptors (Lipinski definition) is 4. The van der Waals surface area contributed by atoms with Crippen LogP contribution in [0.5, 0.6) is 17.2 Å². The minimum absolute atomic E-state index is 0.202. The normalized spacial score (nSPS) is 12.6. The lowest BCUT2D eigenvalue weighted by Gasteiger charge is -2.12. The van der Waals surface area contributed by atoms with Gasteiger partial charge in [0.2, 0.25) is 5.91 Å². The highest BCUT2D eigenvalue weighted by atomic mass is 16.5. The molecule has 0 atom stereocenters. The number of aryl methyl sites for hydroxylation is 1. The molecule has 5 heteroatoms. The number of ether oxygens (including phenoxy) is 3. The molecule has 0 saturated heterocycles. The minimum Gasteiger partial charge on any atom is -0.493 e. The number of carbonyl (C=O) groups is 1. The van der Waals surface area contributed by atoms with Crippen LogP contribution in [0.2, 0.25) is 0 Å². The molecule has 1 heterocycles. The summed E-state index contributed by atoms with van der Waals surface area (Å²) in [5, 5.41) is 2.87. The standard InChI is InChI=1S/C20H21NO4/c1-13-10-18(23-2)19(24-3)12-16(13)21-20(22)7-5-14-4-6-17-15(11-14)8-9-25-17/h4-7,10-12H,8-9H2,1-3H3,(H,21,22)/b7-5+. The van der Waals surface area contributed by atoms with Crippen molar-refractivity contribution >= 4 is 17.7 Å². The summed E-state index contributed by atoms with van der Waals surface area (Å²) in [6.07, 6.45) is 4.23. The smallest absolute Gasteiger partial charge is 0.248 e. The first-order chi connectivity index (χ1) is 12.1. The van der Waals surface area contributed by atoms with Crippen LogP contribution in [0.4, 0.5) is 5.69 Å². The van der Waals surface area contributed by atoms with Gasteiger partial charge in [0.15, 0.2) is 11.5 Å². The summed E-state index contributed by atoms with van der Waals surface area (Å²) in [7, 11) is 3.15. The van der Waals surface area contributed by atoms with Crippen LogP contribution in [-0.4, -0.2) is 26.7 Å². The third-order valence-corrected chi connectivity index (χ3v) is 4.13. The van der Waals surface area contributed by atoms with E-state index in [0.717, 1.165) is 29.9 Å². The fourth-order valence-electron chi connectivity index (χ4n) is 2.77. The number of methoxy groups -OCH3 is 2. The predicted molar refractivity (Wildman–Crippen MR) is 97.6 cm³/mol. The van der Waals surface area contributed by atoms with Crippen LogP contribution < -0.4 is 19.5 Å². The molecule has 1 aliphatic heterocycles. The second kappa shape index (κ2) is 7.30. The Kier molecular flexibility index (Phi) is 4.93. The molecule has 1 N–H and O–H groups in total. The van der Waals surface area contributed by atoms with E-state index in [-0.39, 0.29) is 5.91 Å². The fourth-order valence-corrected chi connectivity index (χ4v) is 2.77. The number of benzene rings is 2. The van der Waals surface area contributed by atoms with Crippen LogP contribution in [0.3, 0.4) is 0 Å². The Morgan fingerprint density at radius 3 is 2.68 bits per heavy atom. The van der Waals surface area contributed by atoms with E-state index in [4.69, 9.17) is 14.2 Å². The second-order valence-corrected chi connectivity index (χ2v) is 5.81. The quantitative estimate of drug-likeness (QED) is 0.846. The molecule has 1 amide bonds. The molecule has 0 spiro atoms. The minimum atomic E-state index is -0.202. The first-order valence-electron chi connectivity index (χ1n) is 8.08. The molecular formula is C20H21NO4. The number of amides is 1. The van der Waals surface area contributed by atoms with Gasteiger partial charge in [-0.15, -0.1) is 0 Å². The van der Waals surface area contributed by atoms with Crippen molar-refractivity contribution in [2.24, 2.45) is 0 Å². The highest BCUT2D eigenvalue weighted by molar-refractivity contribution is 6.02. The van der Waals surface area contributed by atoms with E-state index in [0.29, 0.717) is 17.2 Å². The van der Waals surface area contributed by atoms with Crippen LogP contribution in [0.15, 0.2) is 36.4 Å². The van der Waals surface area contributed by atoms with Gasteiger partial charge in [-0.2, -0.15) is 0 Å². The summed E-state index contributed by atoms with van der Waals surface area (Å²) in [6.45, 7) is 2.63. The summed E-state index contributed by atoms with van der Waals surface area (Å²) in [6, 6.07) is 9.52. The Hall–Kier alpha value is -2.95. The molecule has 130 valence electrons. The van der Waals surface area contributed by atoms with Crippen molar-refractivity contribution in [2.45, 2.75) is 13.3 Å². The number of nitrogens with one attached hydrogen (secondary N) is 1. The Morgan fingerprint density at radius 2 is 1.92 bits per heavy atom. The van der Waals surface area contributed by atoms with E-state index < -0.39 is 0 Å². The molecule has 0 aliphatic carbocycles. The van der Waals surface area contributed by atoms with Gasteiger partial charge in [0.25, 0.3) is 0 Å². The Labute approximate surface area is 147 Å². The van der Waals surface area contributed by atoms with Crippen LogP contribution in [0, 0.1) is 6.92 Å². The van der Waals surface area contributed by atoms with Crippen molar-refractivity contribution < 1.29 is 19.0 Å². The average Bonchev–Trinajstić information content (AvgIpc) is 3.09. The highest BCUT2D eigenvalue weighted by Crippen LogP contribution is 2.33. The van der Waals surface area contributed by atoms with E-state index in [9.17, 15) is 4.79 Å². The second-order valence-electron chi connectivity index (χ2n) is 5.81. The molecule has 2 aromatic rings. The first kappa shape index (κ1) is 16.9. The molecule has 2 aromatic carbocycles. The highest BCUT2D eigenvalue weighted by Gasteiger charge is 2.12. The van der Waals surface area contributed by atoms with Gasteiger partial charge in [-0.1, -0.05) is 6.07 Å². The number of rotatable bonds is 5. The molecule has 0 unspecified atom stereocenters. The summed E-state index contributed by atoms with van der Waals surface area (Å²) in [5.74, 6) is 1.94. The van der Waals surface area contributed by atoms with Crippen molar-refractivity contribution in [2.75, 3.05) is 26.1 Å². The van der Waals surface area contributed by atoms with Gasteiger partial charge >= 0.3 is 0 Å². The first-order valence-corrected chi connectivity index (χ1v) is 8.08. The zero-order valence-corrected chi connectivity index (χ0v) is 14.6. The number of fused-ring (bicyclic) bond motifs is 1. The average molecular weight is 339 g/mol. The molecule has 25 heavy (non-hydrogen) atoms. The summed E-state index contributed by atoms with van der Waals surface area (Å²) < 4.78 is 16.0. The maximum atomic E-state index is 12.2. The molecule has 0 radical (unpaired) electrons. The van der Waals surface area contributed by atoms with Crippen molar-refractivity contribution in [1.29, 1.82) is 0 Å². The molecule has 0 fully saturated rings. The summed E-state index contributed by atoms with van der Waals surface area (Å²) in [5.41, 5.74) is 3.74. The van der Waals surface area contributed by atoms with Gasteiger partial charge < -0.3 is 19.5 Å². The molecule has 3 rings (SSSR count). The maximum absolute atomic E-state index is 12.2. The topological polar surface area (TPSA) is 56.8 Å². The van der Waals surface area contributed by atoms with Crippen molar-refractivity contribution in [3.63, 3.8) is 0 Å². The van der Waals surface area contributed by atoms with Crippen LogP contribution >= 0.6 is 0 Å². The van der Waals surface area contributed by atoms with E-state index in [1.165, 1.54) is 11.6 Å². The van der Waals surface area contributed by atoms with Gasteiger partial charge in [-0.3, -0.25) is 4.79 Å².